The second-order valence-corrected chi connectivity index (χ2v) is 4.10. The number of hydrogen-bond acceptors (Lipinski definition) is 4. The minimum Gasteiger partial charge on any atom is -0.351 e. The number of rotatable bonds is 4. The molecule has 2 heterocycles. The normalized spacial score (nSPS) is 16.3. The highest BCUT2D eigenvalue weighted by atomic mass is 19.1. The number of halogens is 1. The molecule has 5 heteroatoms. The standard InChI is InChI=1S/C11H17FN4/c1-3-4-9-10(12)11(15-7-14-9)16-5-8(6-16)13-2/h7-8,13H,3-6H2,1-2H3. The Balaban J connectivity index is 2.13. The van der Waals surface area contributed by atoms with Gasteiger partial charge in [-0.3, -0.25) is 0 Å². The Morgan fingerprint density at radius 3 is 2.88 bits per heavy atom. The fourth-order valence-corrected chi connectivity index (χ4v) is 1.86. The SMILES string of the molecule is CCCc1ncnc(N2CC(NC)C2)c1F. The summed E-state index contributed by atoms with van der Waals surface area (Å²) in [6, 6.07) is 0.448. The van der Waals surface area contributed by atoms with E-state index in [9.17, 15) is 4.39 Å². The Morgan fingerprint density at radius 2 is 2.25 bits per heavy atom. The van der Waals surface area contributed by atoms with Crippen molar-refractivity contribution in [3.05, 3.63) is 17.8 Å². The van der Waals surface area contributed by atoms with Crippen molar-refractivity contribution >= 4 is 5.82 Å². The van der Waals surface area contributed by atoms with Gasteiger partial charge >= 0.3 is 0 Å². The Kier molecular flexibility index (Phi) is 3.33. The van der Waals surface area contributed by atoms with E-state index in [1.807, 2.05) is 18.9 Å². The fraction of sp³-hybridized carbons (Fsp3) is 0.636. The lowest BCUT2D eigenvalue weighted by molar-refractivity contribution is 0.436. The van der Waals surface area contributed by atoms with E-state index in [-0.39, 0.29) is 5.82 Å². The number of nitrogens with zero attached hydrogens (tertiary/aromatic N) is 3. The summed E-state index contributed by atoms with van der Waals surface area (Å²) in [6.07, 6.45) is 3.02. The zero-order valence-electron chi connectivity index (χ0n) is 9.70. The van der Waals surface area contributed by atoms with Gasteiger partial charge in [-0.1, -0.05) is 13.3 Å². The van der Waals surface area contributed by atoms with Gasteiger partial charge < -0.3 is 10.2 Å². The van der Waals surface area contributed by atoms with Crippen molar-refractivity contribution in [2.45, 2.75) is 25.8 Å². The molecule has 2 rings (SSSR count). The molecule has 16 heavy (non-hydrogen) atoms. The van der Waals surface area contributed by atoms with Gasteiger partial charge in [0.2, 0.25) is 0 Å². The van der Waals surface area contributed by atoms with Crippen molar-refractivity contribution in [1.29, 1.82) is 0 Å². The van der Waals surface area contributed by atoms with Gasteiger partial charge in [-0.25, -0.2) is 14.4 Å². The van der Waals surface area contributed by atoms with E-state index in [4.69, 9.17) is 0 Å². The third-order valence-corrected chi connectivity index (χ3v) is 2.92. The first-order valence-electron chi connectivity index (χ1n) is 5.67. The molecule has 0 atom stereocenters. The van der Waals surface area contributed by atoms with E-state index < -0.39 is 0 Å². The van der Waals surface area contributed by atoms with Gasteiger partial charge in [0, 0.05) is 19.1 Å². The topological polar surface area (TPSA) is 41.1 Å². The maximum absolute atomic E-state index is 14.0. The van der Waals surface area contributed by atoms with Crippen LogP contribution in [0.2, 0.25) is 0 Å². The Bertz CT molecular complexity index is 363. The summed E-state index contributed by atoms with van der Waals surface area (Å²) in [7, 11) is 1.92. The fourth-order valence-electron chi connectivity index (χ4n) is 1.86. The number of likely N-dealkylation sites (N-methyl/N-ethyl adjacent to an activating group) is 1. The maximum Gasteiger partial charge on any atom is 0.187 e. The van der Waals surface area contributed by atoms with Crippen LogP contribution in [0.15, 0.2) is 6.33 Å². The summed E-state index contributed by atoms with van der Waals surface area (Å²) in [5, 5.41) is 3.15. The monoisotopic (exact) mass is 224 g/mol. The molecule has 88 valence electrons. The first kappa shape index (κ1) is 11.3. The van der Waals surface area contributed by atoms with Crippen LogP contribution in [-0.2, 0) is 6.42 Å². The lowest BCUT2D eigenvalue weighted by Gasteiger charge is -2.40. The molecule has 1 saturated heterocycles. The molecule has 1 aliphatic rings. The molecule has 0 aliphatic carbocycles. The molecule has 0 unspecified atom stereocenters. The largest absolute Gasteiger partial charge is 0.351 e. The molecule has 1 N–H and O–H groups in total. The zero-order chi connectivity index (χ0) is 11.5. The molecule has 1 aliphatic heterocycles. The summed E-state index contributed by atoms with van der Waals surface area (Å²) < 4.78 is 14.0. The molecule has 4 nitrogen and oxygen atoms in total. The molecular formula is C11H17FN4. The van der Waals surface area contributed by atoms with Gasteiger partial charge in [0.15, 0.2) is 11.6 Å². The average Bonchev–Trinajstić information content (AvgIpc) is 2.22. The van der Waals surface area contributed by atoms with E-state index in [2.05, 4.69) is 15.3 Å². The molecule has 0 spiro atoms. The predicted octanol–water partition coefficient (Wildman–Crippen LogP) is 0.976. The van der Waals surface area contributed by atoms with Crippen LogP contribution in [0.4, 0.5) is 10.2 Å². The van der Waals surface area contributed by atoms with Gasteiger partial charge in [0.05, 0.1) is 5.69 Å². The summed E-state index contributed by atoms with van der Waals surface area (Å²) in [4.78, 5) is 9.95. The van der Waals surface area contributed by atoms with Crippen LogP contribution < -0.4 is 10.2 Å². The van der Waals surface area contributed by atoms with Crippen LogP contribution >= 0.6 is 0 Å². The lowest BCUT2D eigenvalue weighted by atomic mass is 10.1. The Labute approximate surface area is 94.9 Å². The van der Waals surface area contributed by atoms with Crippen molar-refractivity contribution in [2.75, 3.05) is 25.0 Å². The predicted molar refractivity (Wildman–Crippen MR) is 61.0 cm³/mol. The number of aromatic nitrogens is 2. The number of aryl methyl sites for hydroxylation is 1. The molecule has 0 bridgehead atoms. The molecule has 0 saturated carbocycles. The van der Waals surface area contributed by atoms with Gasteiger partial charge in [0.25, 0.3) is 0 Å². The Morgan fingerprint density at radius 1 is 1.50 bits per heavy atom. The second-order valence-electron chi connectivity index (χ2n) is 4.10. The highest BCUT2D eigenvalue weighted by Crippen LogP contribution is 2.23. The zero-order valence-corrected chi connectivity index (χ0v) is 9.70. The molecule has 0 radical (unpaired) electrons. The van der Waals surface area contributed by atoms with E-state index >= 15 is 0 Å². The second kappa shape index (κ2) is 4.74. The van der Waals surface area contributed by atoms with Crippen LogP contribution in [0.25, 0.3) is 0 Å². The minimum absolute atomic E-state index is 0.251. The third kappa shape index (κ3) is 2.00. The van der Waals surface area contributed by atoms with Gasteiger partial charge in [-0.15, -0.1) is 0 Å². The van der Waals surface area contributed by atoms with Crippen LogP contribution in [-0.4, -0.2) is 36.1 Å². The molecule has 0 aromatic carbocycles. The summed E-state index contributed by atoms with van der Waals surface area (Å²) in [6.45, 7) is 3.65. The first-order valence-corrected chi connectivity index (χ1v) is 5.67. The van der Waals surface area contributed by atoms with E-state index in [1.165, 1.54) is 6.33 Å². The van der Waals surface area contributed by atoms with E-state index in [1.54, 1.807) is 0 Å². The van der Waals surface area contributed by atoms with Gasteiger partial charge in [0.1, 0.15) is 6.33 Å². The van der Waals surface area contributed by atoms with Crippen LogP contribution in [0.3, 0.4) is 0 Å². The number of anilines is 1. The van der Waals surface area contributed by atoms with E-state index in [0.29, 0.717) is 24.0 Å². The summed E-state index contributed by atoms with van der Waals surface area (Å²) >= 11 is 0. The highest BCUT2D eigenvalue weighted by molar-refractivity contribution is 5.44. The first-order chi connectivity index (χ1) is 7.76. The number of nitrogens with one attached hydrogen (secondary N) is 1. The average molecular weight is 224 g/mol. The molecule has 1 fully saturated rings. The smallest absolute Gasteiger partial charge is 0.187 e. The van der Waals surface area contributed by atoms with Crippen molar-refractivity contribution < 1.29 is 4.39 Å². The van der Waals surface area contributed by atoms with Gasteiger partial charge in [-0.2, -0.15) is 0 Å². The molecule has 0 amide bonds. The van der Waals surface area contributed by atoms with Crippen molar-refractivity contribution in [3.63, 3.8) is 0 Å². The Hall–Kier alpha value is -1.23. The number of hydrogen-bond donors (Lipinski definition) is 1. The van der Waals surface area contributed by atoms with Crippen molar-refractivity contribution in [2.24, 2.45) is 0 Å². The molecule has 1 aromatic rings. The summed E-state index contributed by atoms with van der Waals surface area (Å²) in [5.74, 6) is 0.198. The lowest BCUT2D eigenvalue weighted by Crippen LogP contribution is -2.57. The molecular weight excluding hydrogens is 207 g/mol. The minimum atomic E-state index is -0.251. The summed E-state index contributed by atoms with van der Waals surface area (Å²) in [5.41, 5.74) is 0.528. The highest BCUT2D eigenvalue weighted by Gasteiger charge is 2.29. The quantitative estimate of drug-likeness (QED) is 0.827. The van der Waals surface area contributed by atoms with E-state index in [0.717, 1.165) is 19.5 Å². The van der Waals surface area contributed by atoms with Crippen molar-refractivity contribution in [3.8, 4) is 0 Å². The van der Waals surface area contributed by atoms with Crippen LogP contribution in [0.1, 0.15) is 19.0 Å². The van der Waals surface area contributed by atoms with Crippen molar-refractivity contribution in [1.82, 2.24) is 15.3 Å². The van der Waals surface area contributed by atoms with Crippen LogP contribution in [0.5, 0.6) is 0 Å². The molecule has 1 aromatic heterocycles. The van der Waals surface area contributed by atoms with Gasteiger partial charge in [-0.05, 0) is 13.5 Å². The maximum atomic E-state index is 14.0. The van der Waals surface area contributed by atoms with Crippen LogP contribution in [0, 0.1) is 5.82 Å². The third-order valence-electron chi connectivity index (χ3n) is 2.92.